The number of phenols is 1. The molecule has 1 amide bonds. The summed E-state index contributed by atoms with van der Waals surface area (Å²) in [5, 5.41) is 23.5. The summed E-state index contributed by atoms with van der Waals surface area (Å²) in [5.74, 6) is 1.25. The van der Waals surface area contributed by atoms with Crippen molar-refractivity contribution >= 4 is 5.91 Å². The van der Waals surface area contributed by atoms with E-state index in [9.17, 15) is 15.0 Å². The van der Waals surface area contributed by atoms with Crippen LogP contribution in [0.3, 0.4) is 0 Å². The number of phenolic OH excluding ortho intramolecular Hbond substituents is 1. The van der Waals surface area contributed by atoms with Gasteiger partial charge in [-0.3, -0.25) is 9.69 Å². The Kier molecular flexibility index (Phi) is 5.20. The normalized spacial score (nSPS) is 34.4. The molecule has 2 aromatic rings. The minimum atomic E-state index is -0.961. The third-order valence-corrected chi connectivity index (χ3v) is 10.1. The summed E-state index contributed by atoms with van der Waals surface area (Å²) in [6.07, 6.45) is 4.17. The minimum absolute atomic E-state index is 0.0222. The summed E-state index contributed by atoms with van der Waals surface area (Å²) in [4.78, 5) is 18.1. The summed E-state index contributed by atoms with van der Waals surface area (Å²) in [5.41, 5.74) is 1.36. The average molecular weight is 505 g/mol. The molecular formula is C30H36N2O5. The predicted molar refractivity (Wildman–Crippen MR) is 138 cm³/mol. The number of hydrogen-bond donors (Lipinski definition) is 2. The number of methoxy groups -OCH3 is 1. The van der Waals surface area contributed by atoms with Gasteiger partial charge in [0.1, 0.15) is 6.10 Å². The fourth-order valence-corrected chi connectivity index (χ4v) is 8.21. The number of aliphatic hydroxyl groups is 1. The molecule has 0 unspecified atom stereocenters. The number of carbonyl (C=O) groups excluding carboxylic acids is 1. The Morgan fingerprint density at radius 1 is 1.19 bits per heavy atom. The number of rotatable bonds is 6. The summed E-state index contributed by atoms with van der Waals surface area (Å²) in [7, 11) is 3.40. The fourth-order valence-electron chi connectivity index (χ4n) is 8.21. The van der Waals surface area contributed by atoms with Gasteiger partial charge in [-0.15, -0.1) is 0 Å². The van der Waals surface area contributed by atoms with Gasteiger partial charge in [-0.2, -0.15) is 0 Å². The van der Waals surface area contributed by atoms with E-state index in [1.165, 1.54) is 18.4 Å². The number of likely N-dealkylation sites (N-methyl/N-ethyl adjacent to an activating group) is 1. The first-order valence-corrected chi connectivity index (χ1v) is 13.7. The Labute approximate surface area is 218 Å². The Hall–Kier alpha value is -2.61. The molecule has 3 fully saturated rings. The van der Waals surface area contributed by atoms with Crippen molar-refractivity contribution < 1.29 is 24.5 Å². The van der Waals surface area contributed by atoms with Gasteiger partial charge in [0.15, 0.2) is 17.6 Å². The topological polar surface area (TPSA) is 82.5 Å². The SMILES string of the molecule is CO[C@@H](C(=O)N(C)[C@H]1CC[C@@]2(O)[C@H]3Cc4ccc(O)c5c4[C@@]2(CCN3CC2CC2)[C@H]1O5)c1ccccc1. The van der Waals surface area contributed by atoms with Gasteiger partial charge in [0.25, 0.3) is 5.91 Å². The van der Waals surface area contributed by atoms with Crippen molar-refractivity contribution in [3.05, 3.63) is 59.2 Å². The molecule has 6 atom stereocenters. The quantitative estimate of drug-likeness (QED) is 0.629. The third-order valence-electron chi connectivity index (χ3n) is 10.1. The van der Waals surface area contributed by atoms with Crippen LogP contribution >= 0.6 is 0 Å². The lowest BCUT2D eigenvalue weighted by Gasteiger charge is -2.64. The molecule has 7 nitrogen and oxygen atoms in total. The molecule has 2 aliphatic heterocycles. The lowest BCUT2D eigenvalue weighted by Crippen LogP contribution is -2.78. The van der Waals surface area contributed by atoms with Crippen LogP contribution in [0.2, 0.25) is 0 Å². The second-order valence-corrected chi connectivity index (χ2v) is 11.9. The minimum Gasteiger partial charge on any atom is -0.504 e. The summed E-state index contributed by atoms with van der Waals surface area (Å²) >= 11 is 0. The maximum Gasteiger partial charge on any atom is 0.256 e. The molecule has 196 valence electrons. The van der Waals surface area contributed by atoms with Gasteiger partial charge in [0.2, 0.25) is 0 Å². The van der Waals surface area contributed by atoms with Crippen molar-refractivity contribution in [1.29, 1.82) is 0 Å². The van der Waals surface area contributed by atoms with Crippen molar-refractivity contribution in [1.82, 2.24) is 9.80 Å². The number of ether oxygens (including phenoxy) is 2. The molecule has 2 aromatic carbocycles. The lowest BCUT2D eigenvalue weighted by molar-refractivity contribution is -0.202. The number of piperidine rings is 1. The Balaban J connectivity index is 1.29. The highest BCUT2D eigenvalue weighted by atomic mass is 16.5. The highest BCUT2D eigenvalue weighted by Gasteiger charge is 2.73. The van der Waals surface area contributed by atoms with E-state index < -0.39 is 23.2 Å². The number of hydrogen-bond acceptors (Lipinski definition) is 6. The number of carbonyl (C=O) groups is 1. The standard InChI is InChI=1S/C30H36N2O5/c1-31(28(34)25(36-2)19-6-4-3-5-7-19)21-12-13-30(35)23-16-20-10-11-22(33)26-24(20)29(30,27(21)37-26)14-15-32(23)17-18-8-9-18/h3-7,10-11,18,21,23,25,27,33,35H,8-9,12-17H2,1-2H3/t21-,23+,25+,27-,29-,30+/m0/s1. The second-order valence-electron chi connectivity index (χ2n) is 11.9. The molecule has 37 heavy (non-hydrogen) atoms. The molecule has 1 saturated heterocycles. The van der Waals surface area contributed by atoms with Crippen molar-refractivity contribution in [3.63, 3.8) is 0 Å². The van der Waals surface area contributed by atoms with Gasteiger partial charge in [-0.25, -0.2) is 0 Å². The summed E-state index contributed by atoms with van der Waals surface area (Å²) in [6, 6.07) is 13.1. The number of benzene rings is 2. The monoisotopic (exact) mass is 504 g/mol. The van der Waals surface area contributed by atoms with Crippen LogP contribution in [-0.4, -0.2) is 77.0 Å². The van der Waals surface area contributed by atoms with Crippen LogP contribution in [0.15, 0.2) is 42.5 Å². The molecule has 3 aliphatic carbocycles. The number of aromatic hydroxyl groups is 1. The molecule has 5 aliphatic rings. The predicted octanol–water partition coefficient (Wildman–Crippen LogP) is 3.17. The van der Waals surface area contributed by atoms with Gasteiger partial charge < -0.3 is 24.6 Å². The molecule has 2 bridgehead atoms. The van der Waals surface area contributed by atoms with Crippen LogP contribution < -0.4 is 4.74 Å². The van der Waals surface area contributed by atoms with E-state index in [4.69, 9.17) is 9.47 Å². The maximum atomic E-state index is 13.8. The number of likely N-dealkylation sites (tertiary alicyclic amines) is 1. The van der Waals surface area contributed by atoms with Crippen LogP contribution in [-0.2, 0) is 21.4 Å². The zero-order valence-electron chi connectivity index (χ0n) is 21.6. The molecular weight excluding hydrogens is 468 g/mol. The van der Waals surface area contributed by atoms with E-state index in [0.29, 0.717) is 18.6 Å². The first kappa shape index (κ1) is 23.5. The molecule has 7 rings (SSSR count). The van der Waals surface area contributed by atoms with E-state index in [2.05, 4.69) is 4.90 Å². The van der Waals surface area contributed by atoms with Gasteiger partial charge in [-0.1, -0.05) is 36.4 Å². The highest BCUT2D eigenvalue weighted by molar-refractivity contribution is 5.82. The van der Waals surface area contributed by atoms with Gasteiger partial charge in [0.05, 0.1) is 17.1 Å². The summed E-state index contributed by atoms with van der Waals surface area (Å²) < 4.78 is 12.3. The van der Waals surface area contributed by atoms with Crippen molar-refractivity contribution in [3.8, 4) is 11.5 Å². The Morgan fingerprint density at radius 2 is 1.97 bits per heavy atom. The maximum absolute atomic E-state index is 13.8. The van der Waals surface area contributed by atoms with E-state index in [-0.39, 0.29) is 23.7 Å². The molecule has 0 aromatic heterocycles. The zero-order valence-corrected chi connectivity index (χ0v) is 21.6. The molecule has 2 N–H and O–H groups in total. The van der Waals surface area contributed by atoms with Crippen LogP contribution in [0.5, 0.6) is 11.5 Å². The molecule has 1 spiro atoms. The van der Waals surface area contributed by atoms with Gasteiger partial charge in [-0.05, 0) is 68.2 Å². The number of amides is 1. The van der Waals surface area contributed by atoms with E-state index in [0.717, 1.165) is 43.0 Å². The second kappa shape index (κ2) is 8.19. The first-order chi connectivity index (χ1) is 17.9. The Morgan fingerprint density at radius 3 is 2.70 bits per heavy atom. The first-order valence-electron chi connectivity index (χ1n) is 13.7. The fraction of sp³-hybridized carbons (Fsp3) is 0.567. The van der Waals surface area contributed by atoms with Crippen molar-refractivity contribution in [2.45, 2.75) is 73.8 Å². The van der Waals surface area contributed by atoms with Crippen molar-refractivity contribution in [2.24, 2.45) is 5.92 Å². The Bertz CT molecular complexity index is 1230. The van der Waals surface area contributed by atoms with Crippen molar-refractivity contribution in [2.75, 3.05) is 27.2 Å². The van der Waals surface area contributed by atoms with Crippen LogP contribution in [0.25, 0.3) is 0 Å². The van der Waals surface area contributed by atoms with Crippen LogP contribution in [0.4, 0.5) is 0 Å². The zero-order chi connectivity index (χ0) is 25.5. The highest BCUT2D eigenvalue weighted by Crippen LogP contribution is 2.66. The molecule has 2 saturated carbocycles. The van der Waals surface area contributed by atoms with Crippen LogP contribution in [0, 0.1) is 5.92 Å². The van der Waals surface area contributed by atoms with E-state index in [1.54, 1.807) is 18.1 Å². The molecule has 0 radical (unpaired) electrons. The largest absolute Gasteiger partial charge is 0.504 e. The molecule has 7 heteroatoms. The van der Waals surface area contributed by atoms with Gasteiger partial charge in [0, 0.05) is 32.3 Å². The summed E-state index contributed by atoms with van der Waals surface area (Å²) in [6.45, 7) is 1.94. The van der Waals surface area contributed by atoms with Gasteiger partial charge >= 0.3 is 0 Å². The third kappa shape index (κ3) is 3.14. The lowest BCUT2D eigenvalue weighted by atomic mass is 9.48. The van der Waals surface area contributed by atoms with E-state index in [1.807, 2.05) is 43.4 Å². The smallest absolute Gasteiger partial charge is 0.256 e. The number of nitrogens with zero attached hydrogens (tertiary/aromatic N) is 2. The molecule has 2 heterocycles. The average Bonchev–Trinajstić information content (AvgIpc) is 3.65. The van der Waals surface area contributed by atoms with E-state index >= 15 is 0 Å². The van der Waals surface area contributed by atoms with Crippen LogP contribution in [0.1, 0.15) is 54.9 Å².